The fraction of sp³-hybridized carbons (Fsp3) is 0.412. The summed E-state index contributed by atoms with van der Waals surface area (Å²) in [6.07, 6.45) is 2.67. The fourth-order valence-corrected chi connectivity index (χ4v) is 6.21. The number of hydrogen-bond acceptors (Lipinski definition) is 9. The van der Waals surface area contributed by atoms with Gasteiger partial charge in [0.1, 0.15) is 16.7 Å². The second-order valence-corrected chi connectivity index (χ2v) is 9.92. The van der Waals surface area contributed by atoms with Gasteiger partial charge in [-0.1, -0.05) is 5.21 Å². The number of non-ortho nitro benzene ring substituents is 1. The Bertz CT molecular complexity index is 1120. The topological polar surface area (TPSA) is 155 Å². The lowest BCUT2D eigenvalue weighted by atomic mass is 9.96. The van der Waals surface area contributed by atoms with Crippen LogP contribution >= 0.6 is 0 Å². The number of benzene rings is 1. The van der Waals surface area contributed by atoms with Gasteiger partial charge < -0.3 is 9.64 Å². The van der Waals surface area contributed by atoms with Crippen LogP contribution in [0.1, 0.15) is 18.9 Å². The summed E-state index contributed by atoms with van der Waals surface area (Å²) in [6.45, 7) is 1.000. The third kappa shape index (κ3) is 2.93. The van der Waals surface area contributed by atoms with Gasteiger partial charge in [0.25, 0.3) is 5.69 Å². The smallest absolute Gasteiger partial charge is 0.330 e. The molecule has 0 aliphatic carbocycles. The summed E-state index contributed by atoms with van der Waals surface area (Å²) in [5.41, 5.74) is 0.376. The fourth-order valence-electron chi connectivity index (χ4n) is 3.86. The number of hydrogen-bond donors (Lipinski definition) is 0. The van der Waals surface area contributed by atoms with Gasteiger partial charge in [0.05, 0.1) is 24.1 Å². The normalized spacial score (nSPS) is 26.7. The Morgan fingerprint density at radius 3 is 2.63 bits per heavy atom. The molecule has 0 spiro atoms. The van der Waals surface area contributed by atoms with Crippen molar-refractivity contribution in [3.63, 3.8) is 0 Å². The van der Waals surface area contributed by atoms with Crippen molar-refractivity contribution in [1.29, 1.82) is 0 Å². The number of fused-ring (bicyclic) bond motifs is 1. The molecule has 30 heavy (non-hydrogen) atoms. The summed E-state index contributed by atoms with van der Waals surface area (Å²) < 4.78 is 31.2. The first-order chi connectivity index (χ1) is 14.1. The Balaban J connectivity index is 1.58. The number of sulfone groups is 1. The standard InChI is InChI=1S/C17H17N5O7S/c1-17(10-20-7-6-18-19-20)15(21-13(23)8-14(21)30(17,27)28)16(24)29-9-11-2-4-12(5-3-11)22(25)26/h2-7,14-15H,8-10H2,1H3/t14-,15-,17-/m0/s1. The Kier molecular flexibility index (Phi) is 4.56. The second-order valence-electron chi connectivity index (χ2n) is 7.35. The van der Waals surface area contributed by atoms with Gasteiger partial charge in [0.2, 0.25) is 5.91 Å². The Hall–Kier alpha value is -3.35. The van der Waals surface area contributed by atoms with Crippen molar-refractivity contribution in [2.75, 3.05) is 0 Å². The maximum Gasteiger partial charge on any atom is 0.330 e. The molecule has 158 valence electrons. The van der Waals surface area contributed by atoms with Crippen LogP contribution in [0.25, 0.3) is 0 Å². The molecule has 2 saturated heterocycles. The molecule has 2 aliphatic heterocycles. The number of carbonyl (C=O) groups is 2. The van der Waals surface area contributed by atoms with E-state index in [9.17, 15) is 28.1 Å². The molecule has 0 radical (unpaired) electrons. The third-order valence-corrected chi connectivity index (χ3v) is 8.27. The lowest BCUT2D eigenvalue weighted by Crippen LogP contribution is -2.58. The summed E-state index contributed by atoms with van der Waals surface area (Å²) >= 11 is 0. The predicted molar refractivity (Wildman–Crippen MR) is 99.3 cm³/mol. The van der Waals surface area contributed by atoms with Crippen LogP contribution in [-0.4, -0.2) is 61.3 Å². The monoisotopic (exact) mass is 435 g/mol. The van der Waals surface area contributed by atoms with Gasteiger partial charge in [-0.3, -0.25) is 19.6 Å². The van der Waals surface area contributed by atoms with Crippen LogP contribution in [0.5, 0.6) is 0 Å². The van der Waals surface area contributed by atoms with Crippen molar-refractivity contribution in [3.05, 3.63) is 52.3 Å². The molecule has 1 amide bonds. The van der Waals surface area contributed by atoms with Crippen LogP contribution in [0, 0.1) is 10.1 Å². The van der Waals surface area contributed by atoms with E-state index in [1.807, 2.05) is 0 Å². The molecule has 3 heterocycles. The number of amides is 1. The highest BCUT2D eigenvalue weighted by Gasteiger charge is 2.70. The molecule has 0 unspecified atom stereocenters. The molecule has 12 nitrogen and oxygen atoms in total. The maximum atomic E-state index is 13.1. The quantitative estimate of drug-likeness (QED) is 0.265. The number of ether oxygens (including phenoxy) is 1. The SMILES string of the molecule is C[C@]1(Cn2ccnn2)[C@H](C(=O)OCc2ccc([N+](=O)[O-])cc2)N2C(=O)C[C@@H]2S1(=O)=O. The van der Waals surface area contributed by atoms with Crippen LogP contribution < -0.4 is 0 Å². The summed E-state index contributed by atoms with van der Waals surface area (Å²) in [7, 11) is -3.89. The number of aromatic nitrogens is 3. The molecule has 0 saturated carbocycles. The number of rotatable bonds is 6. The minimum absolute atomic E-state index is 0.110. The van der Waals surface area contributed by atoms with Gasteiger partial charge >= 0.3 is 5.97 Å². The molecule has 0 N–H and O–H groups in total. The van der Waals surface area contributed by atoms with Gasteiger partial charge in [-0.25, -0.2) is 13.2 Å². The van der Waals surface area contributed by atoms with Crippen LogP contribution in [0.4, 0.5) is 5.69 Å². The van der Waals surface area contributed by atoms with Crippen LogP contribution in [0.3, 0.4) is 0 Å². The number of nitro benzene ring substituents is 1. The van der Waals surface area contributed by atoms with E-state index in [4.69, 9.17) is 4.74 Å². The average molecular weight is 435 g/mol. The van der Waals surface area contributed by atoms with Gasteiger partial charge in [-0.15, -0.1) is 5.10 Å². The number of carbonyl (C=O) groups excluding carboxylic acids is 2. The van der Waals surface area contributed by atoms with Gasteiger partial charge in [0.15, 0.2) is 15.9 Å². The van der Waals surface area contributed by atoms with Crippen LogP contribution in [-0.2, 0) is 37.3 Å². The predicted octanol–water partition coefficient (Wildman–Crippen LogP) is 0.0438. The van der Waals surface area contributed by atoms with Crippen molar-refractivity contribution >= 4 is 27.4 Å². The first-order valence-corrected chi connectivity index (χ1v) is 10.5. The lowest BCUT2D eigenvalue weighted by Gasteiger charge is -2.36. The van der Waals surface area contributed by atoms with E-state index in [0.29, 0.717) is 5.56 Å². The maximum absolute atomic E-state index is 13.1. The van der Waals surface area contributed by atoms with Crippen molar-refractivity contribution in [2.24, 2.45) is 0 Å². The zero-order valence-corrected chi connectivity index (χ0v) is 16.6. The number of esters is 1. The van der Waals surface area contributed by atoms with Gasteiger partial charge in [0, 0.05) is 18.3 Å². The zero-order valence-electron chi connectivity index (χ0n) is 15.7. The molecule has 1 aromatic carbocycles. The molecule has 2 aromatic rings. The molecule has 0 bridgehead atoms. The van der Waals surface area contributed by atoms with E-state index < -0.39 is 42.8 Å². The number of β-lactam (4-membered cyclic amide) rings is 1. The highest BCUT2D eigenvalue weighted by Crippen LogP contribution is 2.47. The second kappa shape index (κ2) is 6.86. The van der Waals surface area contributed by atoms with E-state index in [2.05, 4.69) is 10.3 Å². The lowest BCUT2D eigenvalue weighted by molar-refractivity contribution is -0.384. The Morgan fingerprint density at radius 2 is 2.07 bits per heavy atom. The van der Waals surface area contributed by atoms with Crippen molar-refractivity contribution in [3.8, 4) is 0 Å². The molecule has 4 rings (SSSR count). The minimum Gasteiger partial charge on any atom is -0.459 e. The molecular formula is C17H17N5O7S. The molecule has 2 aliphatic rings. The first kappa shape index (κ1) is 19.9. The Morgan fingerprint density at radius 1 is 1.37 bits per heavy atom. The summed E-state index contributed by atoms with van der Waals surface area (Å²) in [5.74, 6) is -1.31. The molecule has 2 fully saturated rings. The highest BCUT2D eigenvalue weighted by atomic mass is 32.2. The molecule has 1 aromatic heterocycles. The van der Waals surface area contributed by atoms with Gasteiger partial charge in [-0.2, -0.15) is 0 Å². The Labute approximate surface area is 170 Å². The van der Waals surface area contributed by atoms with E-state index in [1.54, 1.807) is 0 Å². The third-order valence-electron chi connectivity index (χ3n) is 5.51. The summed E-state index contributed by atoms with van der Waals surface area (Å²) in [4.78, 5) is 36.3. The average Bonchev–Trinajstić information content (AvgIpc) is 3.24. The number of nitro groups is 1. The highest BCUT2D eigenvalue weighted by molar-refractivity contribution is 7.93. The van der Waals surface area contributed by atoms with Crippen molar-refractivity contribution in [1.82, 2.24) is 19.9 Å². The van der Waals surface area contributed by atoms with Crippen molar-refractivity contribution in [2.45, 2.75) is 42.7 Å². The van der Waals surface area contributed by atoms with Crippen LogP contribution in [0.2, 0.25) is 0 Å². The zero-order chi connectivity index (χ0) is 21.7. The van der Waals surface area contributed by atoms with E-state index in [1.165, 1.54) is 48.3 Å². The van der Waals surface area contributed by atoms with Crippen LogP contribution in [0.15, 0.2) is 36.7 Å². The van der Waals surface area contributed by atoms with E-state index in [-0.39, 0.29) is 25.3 Å². The summed E-state index contributed by atoms with van der Waals surface area (Å²) in [6, 6.07) is 4.07. The van der Waals surface area contributed by atoms with Crippen molar-refractivity contribution < 1.29 is 27.7 Å². The molecular weight excluding hydrogens is 418 g/mol. The first-order valence-electron chi connectivity index (χ1n) is 8.94. The van der Waals surface area contributed by atoms with E-state index >= 15 is 0 Å². The number of nitrogens with zero attached hydrogens (tertiary/aromatic N) is 5. The minimum atomic E-state index is -3.89. The summed E-state index contributed by atoms with van der Waals surface area (Å²) in [5, 5.41) is 17.1. The molecule has 3 atom stereocenters. The molecule has 13 heteroatoms. The largest absolute Gasteiger partial charge is 0.459 e. The van der Waals surface area contributed by atoms with E-state index in [0.717, 1.165) is 4.90 Å². The van der Waals surface area contributed by atoms with Gasteiger partial charge in [-0.05, 0) is 24.6 Å².